The molecule has 6 heteroatoms. The molecule has 0 aliphatic heterocycles. The van der Waals surface area contributed by atoms with Crippen LogP contribution in [0.25, 0.3) is 5.69 Å². The summed E-state index contributed by atoms with van der Waals surface area (Å²) < 4.78 is 16.0. The zero-order chi connectivity index (χ0) is 14.0. The van der Waals surface area contributed by atoms with Crippen LogP contribution in [0.2, 0.25) is 0 Å². The van der Waals surface area contributed by atoms with Crippen LogP contribution in [0.1, 0.15) is 5.69 Å². The van der Waals surface area contributed by atoms with Gasteiger partial charge in [0.2, 0.25) is 5.91 Å². The summed E-state index contributed by atoms with van der Waals surface area (Å²) in [6.07, 6.45) is 2.85. The van der Waals surface area contributed by atoms with Crippen molar-refractivity contribution in [1.82, 2.24) is 9.78 Å². The highest BCUT2D eigenvalue weighted by Gasteiger charge is 2.09. The SMILES string of the molecule is C=CC(=O)Nc1cc(-n2cc(Br)c(C)n2)ccc1F. The van der Waals surface area contributed by atoms with Crippen molar-refractivity contribution in [3.8, 4) is 5.69 Å². The van der Waals surface area contributed by atoms with E-state index in [2.05, 4.69) is 32.9 Å². The molecular formula is C13H11BrFN3O. The van der Waals surface area contributed by atoms with Crippen molar-refractivity contribution in [2.24, 2.45) is 0 Å². The van der Waals surface area contributed by atoms with Gasteiger partial charge in [0.05, 0.1) is 21.5 Å². The lowest BCUT2D eigenvalue weighted by molar-refractivity contribution is -0.111. The number of aryl methyl sites for hydroxylation is 1. The fourth-order valence-electron chi connectivity index (χ4n) is 1.51. The van der Waals surface area contributed by atoms with Gasteiger partial charge in [0, 0.05) is 6.20 Å². The second-order valence-corrected chi connectivity index (χ2v) is 4.72. The number of benzene rings is 1. The quantitative estimate of drug-likeness (QED) is 0.882. The third-order valence-electron chi connectivity index (χ3n) is 2.50. The Bertz CT molecular complexity index is 632. The van der Waals surface area contributed by atoms with E-state index in [0.29, 0.717) is 5.69 Å². The summed E-state index contributed by atoms with van der Waals surface area (Å²) in [5, 5.41) is 6.67. The number of nitrogens with one attached hydrogen (secondary N) is 1. The van der Waals surface area contributed by atoms with Crippen molar-refractivity contribution in [3.05, 3.63) is 53.0 Å². The molecule has 4 nitrogen and oxygen atoms in total. The second kappa shape index (κ2) is 5.36. The van der Waals surface area contributed by atoms with E-state index in [1.807, 2.05) is 6.92 Å². The van der Waals surface area contributed by atoms with Gasteiger partial charge < -0.3 is 5.32 Å². The standard InChI is InChI=1S/C13H11BrFN3O/c1-3-13(19)16-12-6-9(4-5-11(12)15)18-7-10(14)8(2)17-18/h3-7H,1H2,2H3,(H,16,19). The molecule has 0 aliphatic carbocycles. The van der Waals surface area contributed by atoms with E-state index >= 15 is 0 Å². The average Bonchev–Trinajstić information content (AvgIpc) is 2.72. The summed E-state index contributed by atoms with van der Waals surface area (Å²) >= 11 is 3.36. The molecule has 1 heterocycles. The van der Waals surface area contributed by atoms with Gasteiger partial charge in [-0.3, -0.25) is 4.79 Å². The Balaban J connectivity index is 2.40. The highest BCUT2D eigenvalue weighted by molar-refractivity contribution is 9.10. The molecule has 1 aromatic heterocycles. The molecule has 0 radical (unpaired) electrons. The van der Waals surface area contributed by atoms with Crippen molar-refractivity contribution >= 4 is 27.5 Å². The fraction of sp³-hybridized carbons (Fsp3) is 0.0769. The molecule has 1 amide bonds. The molecule has 2 rings (SSSR count). The largest absolute Gasteiger partial charge is 0.320 e. The van der Waals surface area contributed by atoms with E-state index in [1.165, 1.54) is 12.1 Å². The van der Waals surface area contributed by atoms with Crippen molar-refractivity contribution in [1.29, 1.82) is 0 Å². The predicted octanol–water partition coefficient (Wildman–Crippen LogP) is 3.21. The van der Waals surface area contributed by atoms with E-state index in [4.69, 9.17) is 0 Å². The molecule has 1 aromatic carbocycles. The molecule has 0 fully saturated rings. The van der Waals surface area contributed by atoms with Crippen molar-refractivity contribution in [3.63, 3.8) is 0 Å². The normalized spacial score (nSPS) is 10.3. The number of hydrogen-bond donors (Lipinski definition) is 1. The summed E-state index contributed by atoms with van der Waals surface area (Å²) in [6, 6.07) is 4.37. The van der Waals surface area contributed by atoms with Gasteiger partial charge in [-0.15, -0.1) is 0 Å². The monoisotopic (exact) mass is 323 g/mol. The minimum atomic E-state index is -0.512. The van der Waals surface area contributed by atoms with Gasteiger partial charge in [-0.25, -0.2) is 9.07 Å². The summed E-state index contributed by atoms with van der Waals surface area (Å²) in [4.78, 5) is 11.2. The molecular weight excluding hydrogens is 313 g/mol. The zero-order valence-electron chi connectivity index (χ0n) is 10.2. The van der Waals surface area contributed by atoms with Crippen molar-refractivity contribution in [2.45, 2.75) is 6.92 Å². The minimum Gasteiger partial charge on any atom is -0.320 e. The summed E-state index contributed by atoms with van der Waals surface area (Å²) in [5.41, 5.74) is 1.56. The Hall–Kier alpha value is -1.95. The molecule has 2 aromatic rings. The maximum Gasteiger partial charge on any atom is 0.247 e. The predicted molar refractivity (Wildman–Crippen MR) is 74.8 cm³/mol. The van der Waals surface area contributed by atoms with Crippen LogP contribution in [-0.4, -0.2) is 15.7 Å². The molecule has 0 saturated carbocycles. The lowest BCUT2D eigenvalue weighted by atomic mass is 10.2. The van der Waals surface area contributed by atoms with Gasteiger partial charge in [-0.2, -0.15) is 5.10 Å². The maximum absolute atomic E-state index is 13.6. The number of halogens is 2. The minimum absolute atomic E-state index is 0.0895. The third-order valence-corrected chi connectivity index (χ3v) is 3.28. The molecule has 0 spiro atoms. The number of rotatable bonds is 3. The number of nitrogens with zero attached hydrogens (tertiary/aromatic N) is 2. The molecule has 0 atom stereocenters. The highest BCUT2D eigenvalue weighted by Crippen LogP contribution is 2.21. The Kier molecular flexibility index (Phi) is 3.80. The molecule has 98 valence electrons. The molecule has 0 aliphatic rings. The topological polar surface area (TPSA) is 46.9 Å². The zero-order valence-corrected chi connectivity index (χ0v) is 11.7. The smallest absolute Gasteiger partial charge is 0.247 e. The van der Waals surface area contributed by atoms with E-state index < -0.39 is 11.7 Å². The van der Waals surface area contributed by atoms with Gasteiger partial charge in [-0.05, 0) is 47.1 Å². The number of aromatic nitrogens is 2. The Morgan fingerprint density at radius 2 is 2.32 bits per heavy atom. The van der Waals surface area contributed by atoms with E-state index in [9.17, 15) is 9.18 Å². The van der Waals surface area contributed by atoms with Crippen LogP contribution in [0, 0.1) is 12.7 Å². The van der Waals surface area contributed by atoms with Gasteiger partial charge >= 0.3 is 0 Å². The van der Waals surface area contributed by atoms with Crippen LogP contribution in [0.15, 0.2) is 41.5 Å². The first-order valence-electron chi connectivity index (χ1n) is 5.46. The van der Waals surface area contributed by atoms with Crippen molar-refractivity contribution < 1.29 is 9.18 Å². The number of amides is 1. The molecule has 19 heavy (non-hydrogen) atoms. The van der Waals surface area contributed by atoms with Crippen LogP contribution in [0.5, 0.6) is 0 Å². The number of carbonyl (C=O) groups excluding carboxylic acids is 1. The summed E-state index contributed by atoms with van der Waals surface area (Å²) in [6.45, 7) is 5.18. The number of hydrogen-bond acceptors (Lipinski definition) is 2. The van der Waals surface area contributed by atoms with Crippen LogP contribution in [0.3, 0.4) is 0 Å². The molecule has 0 saturated heterocycles. The van der Waals surface area contributed by atoms with Gasteiger partial charge in [-0.1, -0.05) is 6.58 Å². The first kappa shape index (κ1) is 13.5. The van der Waals surface area contributed by atoms with Crippen LogP contribution in [-0.2, 0) is 4.79 Å². The lowest BCUT2D eigenvalue weighted by Crippen LogP contribution is -2.09. The van der Waals surface area contributed by atoms with E-state index in [1.54, 1.807) is 16.9 Å². The maximum atomic E-state index is 13.6. The van der Waals surface area contributed by atoms with E-state index in [-0.39, 0.29) is 5.69 Å². The van der Waals surface area contributed by atoms with Crippen molar-refractivity contribution in [2.75, 3.05) is 5.32 Å². The Morgan fingerprint density at radius 3 is 2.89 bits per heavy atom. The first-order chi connectivity index (χ1) is 9.01. The van der Waals surface area contributed by atoms with E-state index in [0.717, 1.165) is 16.2 Å². The number of anilines is 1. The Labute approximate surface area is 118 Å². The average molecular weight is 324 g/mol. The summed E-state index contributed by atoms with van der Waals surface area (Å²) in [5.74, 6) is -0.976. The lowest BCUT2D eigenvalue weighted by Gasteiger charge is -2.07. The van der Waals surface area contributed by atoms with Gasteiger partial charge in [0.15, 0.2) is 0 Å². The first-order valence-corrected chi connectivity index (χ1v) is 6.25. The fourth-order valence-corrected chi connectivity index (χ4v) is 1.78. The van der Waals surface area contributed by atoms with Gasteiger partial charge in [0.1, 0.15) is 5.82 Å². The molecule has 0 unspecified atom stereocenters. The van der Waals surface area contributed by atoms with Crippen LogP contribution >= 0.6 is 15.9 Å². The second-order valence-electron chi connectivity index (χ2n) is 3.86. The summed E-state index contributed by atoms with van der Waals surface area (Å²) in [7, 11) is 0. The number of carbonyl (C=O) groups is 1. The Morgan fingerprint density at radius 1 is 1.58 bits per heavy atom. The molecule has 0 bridgehead atoms. The molecule has 1 N–H and O–H groups in total. The third kappa shape index (κ3) is 2.90. The van der Waals surface area contributed by atoms with Crippen LogP contribution < -0.4 is 5.32 Å². The van der Waals surface area contributed by atoms with Gasteiger partial charge in [0.25, 0.3) is 0 Å². The highest BCUT2D eigenvalue weighted by atomic mass is 79.9. The van der Waals surface area contributed by atoms with Crippen LogP contribution in [0.4, 0.5) is 10.1 Å².